The second kappa shape index (κ2) is 4.94. The van der Waals surface area contributed by atoms with E-state index in [1.807, 2.05) is 18.2 Å². The minimum atomic E-state index is 0.322. The van der Waals surface area contributed by atoms with Gasteiger partial charge in [-0.3, -0.25) is 0 Å². The molecule has 1 aliphatic rings. The lowest BCUT2D eigenvalue weighted by Gasteiger charge is -2.28. The van der Waals surface area contributed by atoms with Gasteiger partial charge in [0.15, 0.2) is 0 Å². The monoisotopic (exact) mass is 270 g/mol. The molecule has 0 aliphatic carbocycles. The van der Waals surface area contributed by atoms with Crippen molar-refractivity contribution in [2.75, 3.05) is 20.1 Å². The summed E-state index contributed by atoms with van der Waals surface area (Å²) in [6.45, 7) is 2.22. The Bertz CT molecular complexity index is 324. The zero-order valence-electron chi connectivity index (χ0n) is 8.82. The van der Waals surface area contributed by atoms with E-state index in [1.54, 1.807) is 0 Å². The molecule has 1 aromatic rings. The summed E-state index contributed by atoms with van der Waals surface area (Å²) in [4.78, 5) is 6.59. The third kappa shape index (κ3) is 3.18. The van der Waals surface area contributed by atoms with Crippen molar-refractivity contribution in [3.63, 3.8) is 0 Å². The maximum Gasteiger partial charge on any atom is 0.214 e. The van der Waals surface area contributed by atoms with Crippen molar-refractivity contribution in [1.82, 2.24) is 9.88 Å². The number of hydrogen-bond acceptors (Lipinski definition) is 3. The van der Waals surface area contributed by atoms with Gasteiger partial charge in [-0.05, 0) is 41.9 Å². The molecular weight excluding hydrogens is 256 g/mol. The molecule has 1 saturated heterocycles. The first-order valence-electron chi connectivity index (χ1n) is 5.22. The van der Waals surface area contributed by atoms with Gasteiger partial charge in [0.2, 0.25) is 5.88 Å². The van der Waals surface area contributed by atoms with Crippen LogP contribution >= 0.6 is 15.9 Å². The number of hydrogen-bond donors (Lipinski definition) is 0. The van der Waals surface area contributed by atoms with E-state index in [1.165, 1.54) is 0 Å². The van der Waals surface area contributed by atoms with Gasteiger partial charge in [0.05, 0.1) is 0 Å². The van der Waals surface area contributed by atoms with Crippen LogP contribution in [0.15, 0.2) is 22.8 Å². The van der Waals surface area contributed by atoms with Gasteiger partial charge in [0.1, 0.15) is 10.7 Å². The van der Waals surface area contributed by atoms with Crippen molar-refractivity contribution in [2.24, 2.45) is 0 Å². The van der Waals surface area contributed by atoms with Crippen LogP contribution in [0, 0.1) is 0 Å². The van der Waals surface area contributed by atoms with Crippen molar-refractivity contribution in [2.45, 2.75) is 18.9 Å². The number of likely N-dealkylation sites (tertiary alicyclic amines) is 1. The average Bonchev–Trinajstić information content (AvgIpc) is 2.22. The van der Waals surface area contributed by atoms with E-state index >= 15 is 0 Å². The lowest BCUT2D eigenvalue weighted by atomic mass is 10.1. The molecule has 2 heterocycles. The fourth-order valence-electron chi connectivity index (χ4n) is 1.73. The van der Waals surface area contributed by atoms with E-state index in [0.717, 1.165) is 36.4 Å². The van der Waals surface area contributed by atoms with Crippen molar-refractivity contribution in [1.29, 1.82) is 0 Å². The molecule has 0 spiro atoms. The van der Waals surface area contributed by atoms with Crippen LogP contribution in [0.2, 0.25) is 0 Å². The Labute approximate surface area is 98.6 Å². The SMILES string of the molecule is CN1CCC(Oc2cccc(Br)n2)CC1. The lowest BCUT2D eigenvalue weighted by molar-refractivity contribution is 0.110. The maximum absolute atomic E-state index is 5.82. The Balaban J connectivity index is 1.92. The van der Waals surface area contributed by atoms with E-state index in [4.69, 9.17) is 4.74 Å². The lowest BCUT2D eigenvalue weighted by Crippen LogP contribution is -2.35. The molecule has 4 heteroatoms. The first-order chi connectivity index (χ1) is 7.24. The molecule has 1 aromatic heterocycles. The molecule has 0 saturated carbocycles. The van der Waals surface area contributed by atoms with Crippen LogP contribution in [0.5, 0.6) is 5.88 Å². The summed E-state index contributed by atoms with van der Waals surface area (Å²) in [5.41, 5.74) is 0. The molecule has 0 bridgehead atoms. The van der Waals surface area contributed by atoms with Crippen LogP contribution in [0.1, 0.15) is 12.8 Å². The molecule has 82 valence electrons. The van der Waals surface area contributed by atoms with Crippen LogP contribution in [-0.2, 0) is 0 Å². The minimum Gasteiger partial charge on any atom is -0.474 e. The van der Waals surface area contributed by atoms with Crippen molar-refractivity contribution < 1.29 is 4.74 Å². The van der Waals surface area contributed by atoms with E-state index < -0.39 is 0 Å². The second-order valence-corrected chi connectivity index (χ2v) is 4.73. The van der Waals surface area contributed by atoms with Gasteiger partial charge in [-0.25, -0.2) is 4.98 Å². The highest BCUT2D eigenvalue weighted by atomic mass is 79.9. The fourth-order valence-corrected chi connectivity index (χ4v) is 2.06. The number of nitrogens with zero attached hydrogens (tertiary/aromatic N) is 2. The van der Waals surface area contributed by atoms with Crippen LogP contribution < -0.4 is 4.74 Å². The molecule has 0 amide bonds. The van der Waals surface area contributed by atoms with Crippen LogP contribution in [-0.4, -0.2) is 36.1 Å². The third-order valence-corrected chi connectivity index (χ3v) is 3.08. The molecule has 1 fully saturated rings. The van der Waals surface area contributed by atoms with Crippen molar-refractivity contribution >= 4 is 15.9 Å². The van der Waals surface area contributed by atoms with Crippen molar-refractivity contribution in [3.05, 3.63) is 22.8 Å². The maximum atomic E-state index is 5.82. The number of halogens is 1. The molecule has 0 atom stereocenters. The Kier molecular flexibility index (Phi) is 3.59. The summed E-state index contributed by atoms with van der Waals surface area (Å²) in [7, 11) is 2.15. The van der Waals surface area contributed by atoms with E-state index in [9.17, 15) is 0 Å². The average molecular weight is 271 g/mol. The predicted octanol–water partition coefficient (Wildman–Crippen LogP) is 2.32. The molecular formula is C11H15BrN2O. The molecule has 1 aliphatic heterocycles. The van der Waals surface area contributed by atoms with Gasteiger partial charge in [0, 0.05) is 19.2 Å². The Hall–Kier alpha value is -0.610. The van der Waals surface area contributed by atoms with Gasteiger partial charge in [-0.2, -0.15) is 0 Å². The van der Waals surface area contributed by atoms with Crippen LogP contribution in [0.25, 0.3) is 0 Å². The first kappa shape index (κ1) is 10.9. The summed E-state index contributed by atoms with van der Waals surface area (Å²) < 4.78 is 6.64. The number of pyridine rings is 1. The summed E-state index contributed by atoms with van der Waals surface area (Å²) in [5, 5.41) is 0. The highest BCUT2D eigenvalue weighted by Crippen LogP contribution is 2.18. The van der Waals surface area contributed by atoms with E-state index in [0.29, 0.717) is 6.10 Å². The van der Waals surface area contributed by atoms with Crippen LogP contribution in [0.3, 0.4) is 0 Å². The molecule has 2 rings (SSSR count). The Morgan fingerprint density at radius 3 is 2.80 bits per heavy atom. The van der Waals surface area contributed by atoms with Crippen molar-refractivity contribution in [3.8, 4) is 5.88 Å². The first-order valence-corrected chi connectivity index (χ1v) is 6.01. The summed E-state index contributed by atoms with van der Waals surface area (Å²) in [5.74, 6) is 0.721. The smallest absolute Gasteiger partial charge is 0.214 e. The van der Waals surface area contributed by atoms with E-state index in [-0.39, 0.29) is 0 Å². The molecule has 15 heavy (non-hydrogen) atoms. The molecule has 0 unspecified atom stereocenters. The van der Waals surface area contributed by atoms with Gasteiger partial charge in [-0.15, -0.1) is 0 Å². The van der Waals surface area contributed by atoms with Gasteiger partial charge in [-0.1, -0.05) is 6.07 Å². The molecule has 0 N–H and O–H groups in total. The molecule has 0 aromatic carbocycles. The van der Waals surface area contributed by atoms with Gasteiger partial charge in [0.25, 0.3) is 0 Å². The second-order valence-electron chi connectivity index (χ2n) is 3.92. The summed E-state index contributed by atoms with van der Waals surface area (Å²) in [6.07, 6.45) is 2.50. The quantitative estimate of drug-likeness (QED) is 0.772. The normalized spacial score (nSPS) is 19.1. The van der Waals surface area contributed by atoms with Crippen LogP contribution in [0.4, 0.5) is 0 Å². The number of piperidine rings is 1. The highest BCUT2D eigenvalue weighted by Gasteiger charge is 2.18. The fraction of sp³-hybridized carbons (Fsp3) is 0.545. The summed E-state index contributed by atoms with van der Waals surface area (Å²) in [6, 6.07) is 5.76. The number of aromatic nitrogens is 1. The molecule has 0 radical (unpaired) electrons. The van der Waals surface area contributed by atoms with Gasteiger partial charge < -0.3 is 9.64 Å². The summed E-state index contributed by atoms with van der Waals surface area (Å²) >= 11 is 3.34. The third-order valence-electron chi connectivity index (χ3n) is 2.64. The number of ether oxygens (including phenoxy) is 1. The minimum absolute atomic E-state index is 0.322. The standard InChI is InChI=1S/C11H15BrN2O/c1-14-7-5-9(6-8-14)15-11-4-2-3-10(12)13-11/h2-4,9H,5-8H2,1H3. The number of rotatable bonds is 2. The zero-order chi connectivity index (χ0) is 10.7. The Morgan fingerprint density at radius 2 is 2.13 bits per heavy atom. The predicted molar refractivity (Wildman–Crippen MR) is 63.1 cm³/mol. The van der Waals surface area contributed by atoms with Gasteiger partial charge >= 0.3 is 0 Å². The largest absolute Gasteiger partial charge is 0.474 e. The molecule has 3 nitrogen and oxygen atoms in total. The highest BCUT2D eigenvalue weighted by molar-refractivity contribution is 9.10. The van der Waals surface area contributed by atoms with E-state index in [2.05, 4.69) is 32.9 Å². The zero-order valence-corrected chi connectivity index (χ0v) is 10.4. The Morgan fingerprint density at radius 1 is 1.40 bits per heavy atom. The topological polar surface area (TPSA) is 25.4 Å².